The molecule has 0 fully saturated rings. The molecule has 0 aromatic heterocycles. The van der Waals surface area contributed by atoms with Gasteiger partial charge in [0.2, 0.25) is 0 Å². The monoisotopic (exact) mass is 247 g/mol. The number of benzene rings is 1. The molecule has 0 bridgehead atoms. The summed E-state index contributed by atoms with van der Waals surface area (Å²) >= 11 is 0. The highest BCUT2D eigenvalue weighted by Crippen LogP contribution is 2.23. The van der Waals surface area contributed by atoms with Crippen molar-refractivity contribution in [1.82, 2.24) is 5.32 Å². The highest BCUT2D eigenvalue weighted by molar-refractivity contribution is 5.29. The van der Waals surface area contributed by atoms with Gasteiger partial charge in [0.25, 0.3) is 0 Å². The Hall–Kier alpha value is -0.820. The lowest BCUT2D eigenvalue weighted by atomic mass is 9.94. The summed E-state index contributed by atoms with van der Waals surface area (Å²) in [6, 6.07) is 9.39. The maximum absolute atomic E-state index is 3.48. The van der Waals surface area contributed by atoms with Gasteiger partial charge in [0.1, 0.15) is 0 Å². The summed E-state index contributed by atoms with van der Waals surface area (Å²) < 4.78 is 0. The predicted octanol–water partition coefficient (Wildman–Crippen LogP) is 4.87. The number of hydrogen-bond donors (Lipinski definition) is 1. The predicted molar refractivity (Wildman–Crippen MR) is 81.0 cm³/mol. The minimum Gasteiger partial charge on any atom is -0.313 e. The Balaban J connectivity index is 2.49. The van der Waals surface area contributed by atoms with Gasteiger partial charge in [0.15, 0.2) is 0 Å². The molecule has 0 spiro atoms. The van der Waals surface area contributed by atoms with Crippen LogP contribution < -0.4 is 5.32 Å². The molecule has 18 heavy (non-hydrogen) atoms. The fraction of sp³-hybridized carbons (Fsp3) is 0.647. The van der Waals surface area contributed by atoms with Gasteiger partial charge >= 0.3 is 0 Å². The Morgan fingerprint density at radius 1 is 1.00 bits per heavy atom. The molecule has 0 saturated carbocycles. The average Bonchev–Trinajstić information content (AvgIpc) is 2.43. The Morgan fingerprint density at radius 3 is 2.39 bits per heavy atom. The van der Waals surface area contributed by atoms with Gasteiger partial charge in [-0.25, -0.2) is 0 Å². The molecule has 1 nitrogen and oxygen atoms in total. The normalized spacial score (nSPS) is 12.6. The first-order valence-electron chi connectivity index (χ1n) is 7.58. The molecule has 1 rings (SSSR count). The van der Waals surface area contributed by atoms with E-state index in [0.29, 0.717) is 6.04 Å². The molecule has 0 radical (unpaired) electrons. The van der Waals surface area contributed by atoms with E-state index in [9.17, 15) is 0 Å². The molecule has 0 aliphatic carbocycles. The number of rotatable bonds is 9. The molecule has 1 unspecified atom stereocenters. The van der Waals surface area contributed by atoms with Crippen LogP contribution in [0.4, 0.5) is 0 Å². The summed E-state index contributed by atoms with van der Waals surface area (Å²) in [6.07, 6.45) is 9.21. The molecule has 1 aromatic carbocycles. The maximum atomic E-state index is 3.48. The van der Waals surface area contributed by atoms with Gasteiger partial charge in [-0.3, -0.25) is 0 Å². The molecule has 0 heterocycles. The molecule has 1 atom stereocenters. The zero-order valence-electron chi connectivity index (χ0n) is 12.3. The molecule has 1 N–H and O–H groups in total. The lowest BCUT2D eigenvalue weighted by molar-refractivity contribution is 0.498. The Morgan fingerprint density at radius 2 is 1.72 bits per heavy atom. The number of nitrogens with one attached hydrogen (secondary N) is 1. The molecule has 0 aliphatic heterocycles. The summed E-state index contributed by atoms with van der Waals surface area (Å²) in [5, 5.41) is 3.48. The minimum absolute atomic E-state index is 0.530. The van der Waals surface area contributed by atoms with Crippen LogP contribution in [0.1, 0.15) is 69.5 Å². The van der Waals surface area contributed by atoms with E-state index in [2.05, 4.69) is 50.5 Å². The van der Waals surface area contributed by atoms with Crippen LogP contribution in [0.3, 0.4) is 0 Å². The number of aryl methyl sites for hydroxylation is 1. The zero-order valence-corrected chi connectivity index (χ0v) is 12.3. The van der Waals surface area contributed by atoms with Crippen molar-refractivity contribution < 1.29 is 0 Å². The zero-order chi connectivity index (χ0) is 13.2. The highest BCUT2D eigenvalue weighted by Gasteiger charge is 2.11. The van der Waals surface area contributed by atoms with E-state index in [-0.39, 0.29) is 0 Å². The van der Waals surface area contributed by atoms with Gasteiger partial charge in [-0.2, -0.15) is 0 Å². The third-order valence-electron chi connectivity index (χ3n) is 3.76. The first-order chi connectivity index (χ1) is 8.83. The summed E-state index contributed by atoms with van der Waals surface area (Å²) in [7, 11) is 2.09. The van der Waals surface area contributed by atoms with Gasteiger partial charge in [0.05, 0.1) is 0 Å². The van der Waals surface area contributed by atoms with E-state index in [0.717, 1.165) is 6.42 Å². The fourth-order valence-corrected chi connectivity index (χ4v) is 2.60. The second kappa shape index (κ2) is 9.16. The number of unbranched alkanes of at least 4 members (excludes halogenated alkanes) is 4. The Kier molecular flexibility index (Phi) is 7.75. The molecule has 1 aromatic rings. The van der Waals surface area contributed by atoms with Crippen LogP contribution in [0.25, 0.3) is 0 Å². The molecule has 0 saturated heterocycles. The van der Waals surface area contributed by atoms with Crippen molar-refractivity contribution >= 4 is 0 Å². The molecule has 102 valence electrons. The van der Waals surface area contributed by atoms with Crippen LogP contribution >= 0.6 is 0 Å². The Labute approximate surface area is 113 Å². The summed E-state index contributed by atoms with van der Waals surface area (Å²) in [5.41, 5.74) is 2.99. The topological polar surface area (TPSA) is 12.0 Å². The highest BCUT2D eigenvalue weighted by atomic mass is 14.9. The van der Waals surface area contributed by atoms with Crippen LogP contribution in [0, 0.1) is 0 Å². The maximum Gasteiger partial charge on any atom is 0.0320 e. The van der Waals surface area contributed by atoms with Crippen LogP contribution in [-0.2, 0) is 6.42 Å². The van der Waals surface area contributed by atoms with Crippen LogP contribution in [-0.4, -0.2) is 7.05 Å². The van der Waals surface area contributed by atoms with E-state index < -0.39 is 0 Å². The van der Waals surface area contributed by atoms with E-state index in [1.807, 2.05) is 0 Å². The van der Waals surface area contributed by atoms with Gasteiger partial charge in [-0.05, 0) is 31.0 Å². The molecule has 1 heteroatoms. The van der Waals surface area contributed by atoms with Crippen LogP contribution in [0.2, 0.25) is 0 Å². The van der Waals surface area contributed by atoms with Crippen molar-refractivity contribution in [3.05, 3.63) is 35.4 Å². The first kappa shape index (κ1) is 15.2. The van der Waals surface area contributed by atoms with Crippen molar-refractivity contribution in [2.75, 3.05) is 7.05 Å². The average molecular weight is 247 g/mol. The van der Waals surface area contributed by atoms with Crippen molar-refractivity contribution in [3.63, 3.8) is 0 Å². The van der Waals surface area contributed by atoms with E-state index >= 15 is 0 Å². The first-order valence-corrected chi connectivity index (χ1v) is 7.58. The lowest BCUT2D eigenvalue weighted by Crippen LogP contribution is -2.17. The van der Waals surface area contributed by atoms with Crippen LogP contribution in [0.5, 0.6) is 0 Å². The molecule has 0 amide bonds. The largest absolute Gasteiger partial charge is 0.313 e. The number of hydrogen-bond acceptors (Lipinski definition) is 1. The van der Waals surface area contributed by atoms with Gasteiger partial charge < -0.3 is 5.32 Å². The van der Waals surface area contributed by atoms with Crippen LogP contribution in [0.15, 0.2) is 24.3 Å². The molecule has 0 aliphatic rings. The summed E-state index contributed by atoms with van der Waals surface area (Å²) in [6.45, 7) is 4.51. The van der Waals surface area contributed by atoms with Crippen molar-refractivity contribution in [3.8, 4) is 0 Å². The molecular formula is C17H29N. The quantitative estimate of drug-likeness (QED) is 0.614. The third-order valence-corrected chi connectivity index (χ3v) is 3.76. The third kappa shape index (κ3) is 4.81. The van der Waals surface area contributed by atoms with Crippen molar-refractivity contribution in [2.24, 2.45) is 0 Å². The van der Waals surface area contributed by atoms with Crippen molar-refractivity contribution in [2.45, 2.75) is 64.8 Å². The van der Waals surface area contributed by atoms with Crippen molar-refractivity contribution in [1.29, 1.82) is 0 Å². The smallest absolute Gasteiger partial charge is 0.0320 e. The van der Waals surface area contributed by atoms with E-state index in [1.54, 1.807) is 0 Å². The summed E-state index contributed by atoms with van der Waals surface area (Å²) in [4.78, 5) is 0. The fourth-order valence-electron chi connectivity index (χ4n) is 2.60. The van der Waals surface area contributed by atoms with E-state index in [4.69, 9.17) is 0 Å². The second-order valence-corrected chi connectivity index (χ2v) is 5.10. The standard InChI is InChI=1S/C17H29N/c1-4-6-7-8-9-14-17(18-3)16-13-11-10-12-15(16)5-2/h10-13,17-18H,4-9,14H2,1-3H3. The second-order valence-electron chi connectivity index (χ2n) is 5.10. The minimum atomic E-state index is 0.530. The van der Waals surface area contributed by atoms with Gasteiger partial charge in [-0.1, -0.05) is 70.2 Å². The SMILES string of the molecule is CCCCCCCC(NC)c1ccccc1CC. The Bertz CT molecular complexity index is 319. The van der Waals surface area contributed by atoms with Gasteiger partial charge in [0, 0.05) is 6.04 Å². The van der Waals surface area contributed by atoms with Gasteiger partial charge in [-0.15, -0.1) is 0 Å². The molecular weight excluding hydrogens is 218 g/mol. The lowest BCUT2D eigenvalue weighted by Gasteiger charge is -2.19. The van der Waals surface area contributed by atoms with E-state index in [1.165, 1.54) is 49.7 Å². The summed E-state index contributed by atoms with van der Waals surface area (Å²) in [5.74, 6) is 0.